The number of halogens is 1. The predicted octanol–water partition coefficient (Wildman–Crippen LogP) is 1.96. The van der Waals surface area contributed by atoms with Crippen molar-refractivity contribution < 1.29 is 9.47 Å². The van der Waals surface area contributed by atoms with Gasteiger partial charge in [0, 0.05) is 19.6 Å². The smallest absolute Gasteiger partial charge is 0.332 e. The van der Waals surface area contributed by atoms with Crippen LogP contribution in [0.1, 0.15) is 19.8 Å². The van der Waals surface area contributed by atoms with E-state index < -0.39 is 11.2 Å². The van der Waals surface area contributed by atoms with Crippen LogP contribution in [0.4, 0.5) is 11.5 Å². The standard InChI is InChI=1S/C20H27ClN4O4/c1-2-3-8-24-18(22)17(23-9-12-28-13-10-23)19(26)25(20(24)27)11-14-29-16-7-5-4-6-15(16)21/h4-7H,2-3,8-14,22H2,1H3. The summed E-state index contributed by atoms with van der Waals surface area (Å²) >= 11 is 6.10. The molecule has 0 bridgehead atoms. The summed E-state index contributed by atoms with van der Waals surface area (Å²) in [6, 6.07) is 7.08. The lowest BCUT2D eigenvalue weighted by Gasteiger charge is -2.30. The minimum absolute atomic E-state index is 0.104. The molecule has 1 aliphatic rings. The molecule has 0 spiro atoms. The van der Waals surface area contributed by atoms with Crippen molar-refractivity contribution in [1.29, 1.82) is 0 Å². The van der Waals surface area contributed by atoms with Gasteiger partial charge in [-0.1, -0.05) is 37.1 Å². The van der Waals surface area contributed by atoms with Gasteiger partial charge < -0.3 is 20.1 Å². The van der Waals surface area contributed by atoms with E-state index in [1.165, 1.54) is 9.13 Å². The summed E-state index contributed by atoms with van der Waals surface area (Å²) < 4.78 is 13.8. The van der Waals surface area contributed by atoms with Gasteiger partial charge >= 0.3 is 5.69 Å². The van der Waals surface area contributed by atoms with Gasteiger partial charge in [0.2, 0.25) is 0 Å². The van der Waals surface area contributed by atoms with Crippen LogP contribution in [-0.4, -0.2) is 42.0 Å². The Balaban J connectivity index is 1.92. The highest BCUT2D eigenvalue weighted by molar-refractivity contribution is 6.32. The maximum Gasteiger partial charge on any atom is 0.332 e. The van der Waals surface area contributed by atoms with Crippen molar-refractivity contribution in [3.63, 3.8) is 0 Å². The van der Waals surface area contributed by atoms with Crippen molar-refractivity contribution in [3.8, 4) is 5.75 Å². The zero-order chi connectivity index (χ0) is 20.8. The zero-order valence-corrected chi connectivity index (χ0v) is 17.4. The molecular formula is C20H27ClN4O4. The Hall–Kier alpha value is -2.45. The molecule has 0 aliphatic carbocycles. The van der Waals surface area contributed by atoms with Gasteiger partial charge in [0.05, 0.1) is 24.8 Å². The van der Waals surface area contributed by atoms with E-state index in [4.69, 9.17) is 26.8 Å². The van der Waals surface area contributed by atoms with E-state index >= 15 is 0 Å². The topological polar surface area (TPSA) is 91.7 Å². The summed E-state index contributed by atoms with van der Waals surface area (Å²) in [5.74, 6) is 0.732. The number of hydrogen-bond acceptors (Lipinski definition) is 6. The van der Waals surface area contributed by atoms with Crippen LogP contribution in [0.15, 0.2) is 33.9 Å². The van der Waals surface area contributed by atoms with Crippen molar-refractivity contribution in [2.24, 2.45) is 0 Å². The van der Waals surface area contributed by atoms with Gasteiger partial charge in [-0.25, -0.2) is 4.79 Å². The van der Waals surface area contributed by atoms with Crippen LogP contribution in [0.5, 0.6) is 5.75 Å². The van der Waals surface area contributed by atoms with Crippen molar-refractivity contribution in [2.75, 3.05) is 43.5 Å². The third-order valence-electron chi connectivity index (χ3n) is 4.91. The van der Waals surface area contributed by atoms with Crippen molar-refractivity contribution in [3.05, 3.63) is 50.1 Å². The first kappa shape index (κ1) is 21.3. The quantitative estimate of drug-likeness (QED) is 0.699. The second kappa shape index (κ2) is 9.84. The zero-order valence-electron chi connectivity index (χ0n) is 16.6. The minimum Gasteiger partial charge on any atom is -0.490 e. The molecule has 0 radical (unpaired) electrons. The number of benzene rings is 1. The Morgan fingerprint density at radius 1 is 1.14 bits per heavy atom. The van der Waals surface area contributed by atoms with Crippen LogP contribution in [0.2, 0.25) is 5.02 Å². The third-order valence-corrected chi connectivity index (χ3v) is 5.23. The summed E-state index contributed by atoms with van der Waals surface area (Å²) in [4.78, 5) is 28.0. The lowest BCUT2D eigenvalue weighted by Crippen LogP contribution is -2.48. The van der Waals surface area contributed by atoms with Gasteiger partial charge in [-0.05, 0) is 18.6 Å². The van der Waals surface area contributed by atoms with Gasteiger partial charge in [-0.15, -0.1) is 0 Å². The minimum atomic E-state index is -0.416. The molecule has 1 aromatic carbocycles. The van der Waals surface area contributed by atoms with Crippen molar-refractivity contribution >= 4 is 23.1 Å². The maximum absolute atomic E-state index is 13.2. The molecule has 1 fully saturated rings. The summed E-state index contributed by atoms with van der Waals surface area (Å²) in [6.45, 7) is 4.89. The number of para-hydroxylation sites is 1. The Morgan fingerprint density at radius 2 is 1.86 bits per heavy atom. The molecule has 2 N–H and O–H groups in total. The third kappa shape index (κ3) is 4.76. The maximum atomic E-state index is 13.2. The van der Waals surface area contributed by atoms with Crippen LogP contribution in [0.3, 0.4) is 0 Å². The summed E-state index contributed by atoms with van der Waals surface area (Å²) in [5.41, 5.74) is 5.83. The van der Waals surface area contributed by atoms with Crippen LogP contribution in [0, 0.1) is 0 Å². The highest BCUT2D eigenvalue weighted by atomic mass is 35.5. The van der Waals surface area contributed by atoms with Gasteiger partial charge in [-0.2, -0.15) is 0 Å². The van der Waals surface area contributed by atoms with Gasteiger partial charge in [0.15, 0.2) is 0 Å². The molecule has 2 aromatic rings. The largest absolute Gasteiger partial charge is 0.490 e. The van der Waals surface area contributed by atoms with Gasteiger partial charge in [0.25, 0.3) is 5.56 Å². The highest BCUT2D eigenvalue weighted by Gasteiger charge is 2.23. The predicted molar refractivity (Wildman–Crippen MR) is 114 cm³/mol. The summed E-state index contributed by atoms with van der Waals surface area (Å²) in [6.07, 6.45) is 1.70. The van der Waals surface area contributed by atoms with E-state index in [0.29, 0.717) is 49.3 Å². The lowest BCUT2D eigenvalue weighted by atomic mass is 10.3. The van der Waals surface area contributed by atoms with Gasteiger partial charge in [-0.3, -0.25) is 13.9 Å². The van der Waals surface area contributed by atoms with Gasteiger partial charge in [0.1, 0.15) is 23.9 Å². The van der Waals surface area contributed by atoms with Crippen LogP contribution in [0.25, 0.3) is 0 Å². The number of aromatic nitrogens is 2. The Morgan fingerprint density at radius 3 is 2.55 bits per heavy atom. The molecular weight excluding hydrogens is 396 g/mol. The first-order valence-corrected chi connectivity index (χ1v) is 10.3. The Bertz CT molecular complexity index is 950. The molecule has 29 heavy (non-hydrogen) atoms. The van der Waals surface area contributed by atoms with E-state index in [9.17, 15) is 9.59 Å². The molecule has 8 nitrogen and oxygen atoms in total. The lowest BCUT2D eigenvalue weighted by molar-refractivity contribution is 0.122. The fourth-order valence-electron chi connectivity index (χ4n) is 3.32. The van der Waals surface area contributed by atoms with Crippen LogP contribution in [-0.2, 0) is 17.8 Å². The van der Waals surface area contributed by atoms with Crippen LogP contribution < -0.4 is 26.6 Å². The first-order valence-electron chi connectivity index (χ1n) is 9.87. The Kier molecular flexibility index (Phi) is 7.22. The van der Waals surface area contributed by atoms with Crippen molar-refractivity contribution in [1.82, 2.24) is 9.13 Å². The monoisotopic (exact) mass is 422 g/mol. The van der Waals surface area contributed by atoms with E-state index in [0.717, 1.165) is 12.8 Å². The fourth-order valence-corrected chi connectivity index (χ4v) is 3.51. The normalized spacial score (nSPS) is 14.2. The number of rotatable bonds is 8. The second-order valence-corrected chi connectivity index (χ2v) is 7.26. The number of nitrogen functional groups attached to an aromatic ring is 1. The van der Waals surface area contributed by atoms with E-state index in [1.54, 1.807) is 18.2 Å². The number of morpholine rings is 1. The second-order valence-electron chi connectivity index (χ2n) is 6.86. The molecule has 1 aromatic heterocycles. The van der Waals surface area contributed by atoms with E-state index in [2.05, 4.69) is 0 Å². The molecule has 0 atom stereocenters. The SMILES string of the molecule is CCCCn1c(N)c(N2CCOCC2)c(=O)n(CCOc2ccccc2Cl)c1=O. The molecule has 0 saturated carbocycles. The molecule has 0 amide bonds. The number of hydrogen-bond donors (Lipinski definition) is 1. The number of unbranched alkanes of at least 4 members (excludes halogenated alkanes) is 1. The number of nitrogens with zero attached hydrogens (tertiary/aromatic N) is 3. The summed E-state index contributed by atoms with van der Waals surface area (Å²) in [5, 5.41) is 0.478. The highest BCUT2D eigenvalue weighted by Crippen LogP contribution is 2.23. The average molecular weight is 423 g/mol. The fraction of sp³-hybridized carbons (Fsp3) is 0.500. The van der Waals surface area contributed by atoms with E-state index in [1.807, 2.05) is 17.9 Å². The number of nitrogens with two attached hydrogens (primary N) is 1. The molecule has 9 heteroatoms. The van der Waals surface area contributed by atoms with Crippen LogP contribution >= 0.6 is 11.6 Å². The molecule has 1 aliphatic heterocycles. The van der Waals surface area contributed by atoms with Crippen molar-refractivity contribution in [2.45, 2.75) is 32.9 Å². The number of anilines is 2. The summed E-state index contributed by atoms with van der Waals surface area (Å²) in [7, 11) is 0. The molecule has 1 saturated heterocycles. The molecule has 2 heterocycles. The molecule has 0 unspecified atom stereocenters. The number of ether oxygens (including phenoxy) is 2. The molecule has 158 valence electrons. The average Bonchev–Trinajstić information content (AvgIpc) is 2.72. The van der Waals surface area contributed by atoms with E-state index in [-0.39, 0.29) is 19.0 Å². The molecule has 3 rings (SSSR count). The first-order chi connectivity index (χ1) is 14.0. The Labute approximate surface area is 174 Å².